The summed E-state index contributed by atoms with van der Waals surface area (Å²) in [5.74, 6) is 0. The van der Waals surface area contributed by atoms with Gasteiger partial charge >= 0.3 is 87.7 Å². The molecule has 0 atom stereocenters. The molecule has 1 heterocycles. The van der Waals surface area contributed by atoms with E-state index < -0.39 is 0 Å². The van der Waals surface area contributed by atoms with Gasteiger partial charge in [-0.3, -0.25) is 0 Å². The van der Waals surface area contributed by atoms with Crippen molar-refractivity contribution < 1.29 is 0 Å². The monoisotopic (exact) mass is 257 g/mol. The van der Waals surface area contributed by atoms with Crippen LogP contribution in [0.1, 0.15) is 11.5 Å². The van der Waals surface area contributed by atoms with Crippen LogP contribution in [-0.2, 0) is 0 Å². The molecule has 2 aromatic rings. The maximum absolute atomic E-state index is 5.89. The van der Waals surface area contributed by atoms with Gasteiger partial charge in [-0.2, -0.15) is 0 Å². The summed E-state index contributed by atoms with van der Waals surface area (Å²) in [6.07, 6.45) is 4.09. The van der Waals surface area contributed by atoms with E-state index in [2.05, 4.69) is 11.1 Å². The zero-order valence-corrected chi connectivity index (χ0v) is 9.59. The summed E-state index contributed by atoms with van der Waals surface area (Å²) in [4.78, 5) is 4.48. The maximum atomic E-state index is 5.89. The molecule has 1 aromatic carbocycles. The molecule has 13 heavy (non-hydrogen) atoms. The van der Waals surface area contributed by atoms with Crippen molar-refractivity contribution in [3.8, 4) is 0 Å². The van der Waals surface area contributed by atoms with Crippen molar-refractivity contribution in [2.75, 3.05) is 0 Å². The molecule has 0 aliphatic carbocycles. The third kappa shape index (κ3) is 1.86. The van der Waals surface area contributed by atoms with Crippen molar-refractivity contribution in [2.45, 2.75) is 6.92 Å². The average molecular weight is 257 g/mol. The van der Waals surface area contributed by atoms with E-state index in [1.165, 1.54) is 8.83 Å². The van der Waals surface area contributed by atoms with Gasteiger partial charge in [-0.15, -0.1) is 0 Å². The van der Waals surface area contributed by atoms with Crippen LogP contribution in [0.15, 0.2) is 24.3 Å². The molecular weight excluding hydrogens is 249 g/mol. The topological polar surface area (TPSA) is 12.9 Å². The molecule has 0 radical (unpaired) electrons. The van der Waals surface area contributed by atoms with Crippen LogP contribution in [0.25, 0.3) is 15.9 Å². The minimum absolute atomic E-state index is 0.340. The number of nitrogens with zero attached hydrogens (tertiary/aromatic N) is 1. The van der Waals surface area contributed by atoms with E-state index in [1.54, 1.807) is 0 Å². The summed E-state index contributed by atoms with van der Waals surface area (Å²) >= 11 is 6.23. The van der Waals surface area contributed by atoms with E-state index in [4.69, 9.17) is 11.6 Å². The van der Waals surface area contributed by atoms with Gasteiger partial charge < -0.3 is 0 Å². The molecular formula is C10H8ClNSe. The summed E-state index contributed by atoms with van der Waals surface area (Å²) < 4.78 is 2.46. The second-order valence-electron chi connectivity index (χ2n) is 2.66. The van der Waals surface area contributed by atoms with E-state index in [1.807, 2.05) is 31.2 Å². The molecule has 0 amide bonds. The molecule has 0 saturated heterocycles. The Morgan fingerprint density at radius 1 is 1.46 bits per heavy atom. The molecule has 0 aliphatic rings. The molecule has 0 bridgehead atoms. The molecule has 0 fully saturated rings. The van der Waals surface area contributed by atoms with Gasteiger partial charge in [0.05, 0.1) is 0 Å². The van der Waals surface area contributed by atoms with Gasteiger partial charge in [0.2, 0.25) is 0 Å². The Labute approximate surface area is 87.8 Å². The fourth-order valence-electron chi connectivity index (χ4n) is 1.13. The van der Waals surface area contributed by atoms with Crippen LogP contribution < -0.4 is 0 Å². The van der Waals surface area contributed by atoms with E-state index in [-0.39, 0.29) is 0 Å². The first-order chi connectivity index (χ1) is 6.29. The molecule has 0 aliphatic heterocycles. The predicted molar refractivity (Wildman–Crippen MR) is 58.4 cm³/mol. The van der Waals surface area contributed by atoms with E-state index >= 15 is 0 Å². The quantitative estimate of drug-likeness (QED) is 0.715. The minimum atomic E-state index is 0.340. The number of fused-ring (bicyclic) bond motifs is 1. The van der Waals surface area contributed by atoms with Crippen molar-refractivity contribution in [3.05, 3.63) is 33.9 Å². The van der Waals surface area contributed by atoms with Gasteiger partial charge in [0.15, 0.2) is 0 Å². The molecule has 0 N–H and O–H groups in total. The van der Waals surface area contributed by atoms with Crippen LogP contribution in [-0.4, -0.2) is 19.5 Å². The number of rotatable bonds is 1. The van der Waals surface area contributed by atoms with Gasteiger partial charge in [0, 0.05) is 0 Å². The van der Waals surface area contributed by atoms with Gasteiger partial charge in [-0.05, 0) is 0 Å². The van der Waals surface area contributed by atoms with Gasteiger partial charge in [-0.25, -0.2) is 0 Å². The van der Waals surface area contributed by atoms with Crippen molar-refractivity contribution in [1.82, 2.24) is 4.98 Å². The molecule has 0 unspecified atom stereocenters. The first kappa shape index (κ1) is 9.01. The van der Waals surface area contributed by atoms with E-state index in [9.17, 15) is 0 Å². The molecule has 1 aromatic heterocycles. The third-order valence-corrected chi connectivity index (χ3v) is 3.97. The average Bonchev–Trinajstić information content (AvgIpc) is 2.46. The summed E-state index contributed by atoms with van der Waals surface area (Å²) in [6, 6.07) is 5.88. The molecule has 1 nitrogen and oxygen atoms in total. The number of halogens is 1. The zero-order chi connectivity index (χ0) is 9.26. The zero-order valence-electron chi connectivity index (χ0n) is 7.12. The van der Waals surface area contributed by atoms with E-state index in [0.717, 1.165) is 10.5 Å². The molecule has 3 heteroatoms. The number of hydrogen-bond donors (Lipinski definition) is 0. The SMILES string of the molecule is CC=Cc1nc2ccc(Cl)cc2[se]1. The third-order valence-electron chi connectivity index (χ3n) is 1.68. The first-order valence-electron chi connectivity index (χ1n) is 3.98. The molecule has 66 valence electrons. The number of benzene rings is 1. The predicted octanol–water partition coefficient (Wildman–Crippen LogP) is 2.98. The summed E-state index contributed by atoms with van der Waals surface area (Å²) in [7, 11) is 0. The fraction of sp³-hybridized carbons (Fsp3) is 0.100. The Kier molecular flexibility index (Phi) is 2.54. The van der Waals surface area contributed by atoms with E-state index in [0.29, 0.717) is 14.5 Å². The van der Waals surface area contributed by atoms with Crippen molar-refractivity contribution in [2.24, 2.45) is 0 Å². The Hall–Kier alpha value is -0.561. The Morgan fingerprint density at radius 3 is 3.08 bits per heavy atom. The second kappa shape index (κ2) is 3.67. The molecule has 0 spiro atoms. The Morgan fingerprint density at radius 2 is 2.31 bits per heavy atom. The normalized spacial score (nSPS) is 11.5. The molecule has 0 saturated carbocycles. The van der Waals surface area contributed by atoms with Gasteiger partial charge in [0.1, 0.15) is 0 Å². The Bertz CT molecular complexity index is 459. The van der Waals surface area contributed by atoms with Crippen LogP contribution in [0.2, 0.25) is 5.02 Å². The van der Waals surface area contributed by atoms with Crippen LogP contribution >= 0.6 is 11.6 Å². The van der Waals surface area contributed by atoms with Gasteiger partial charge in [0.25, 0.3) is 0 Å². The van der Waals surface area contributed by atoms with Crippen LogP contribution in [0, 0.1) is 0 Å². The summed E-state index contributed by atoms with van der Waals surface area (Å²) in [5.41, 5.74) is 1.08. The van der Waals surface area contributed by atoms with Crippen LogP contribution in [0.3, 0.4) is 0 Å². The van der Waals surface area contributed by atoms with Crippen LogP contribution in [0.4, 0.5) is 0 Å². The van der Waals surface area contributed by atoms with Crippen molar-refractivity contribution in [1.29, 1.82) is 0 Å². The fourth-order valence-corrected chi connectivity index (χ4v) is 3.50. The summed E-state index contributed by atoms with van der Waals surface area (Å²) in [5, 5.41) is 0.803. The first-order valence-corrected chi connectivity index (χ1v) is 6.07. The van der Waals surface area contributed by atoms with Gasteiger partial charge in [-0.1, -0.05) is 0 Å². The number of allylic oxidation sites excluding steroid dienone is 1. The molecule has 2 rings (SSSR count). The van der Waals surface area contributed by atoms with Crippen molar-refractivity contribution >= 4 is 42.0 Å². The van der Waals surface area contributed by atoms with Crippen LogP contribution in [0.5, 0.6) is 0 Å². The number of aromatic nitrogens is 1. The second-order valence-corrected chi connectivity index (χ2v) is 5.33. The number of hydrogen-bond acceptors (Lipinski definition) is 1. The summed E-state index contributed by atoms with van der Waals surface area (Å²) in [6.45, 7) is 2.01. The standard InChI is InChI=1S/C10H8ClNSe/c1-2-3-10-12-8-5-4-7(11)6-9(8)13-10/h2-6H,1H3. The van der Waals surface area contributed by atoms with Crippen molar-refractivity contribution in [3.63, 3.8) is 0 Å². The Balaban J connectivity index is 2.62.